The highest BCUT2D eigenvalue weighted by atomic mass is 16.2. The predicted octanol–water partition coefficient (Wildman–Crippen LogP) is 1.23. The van der Waals surface area contributed by atoms with Gasteiger partial charge < -0.3 is 25.8 Å². The first-order valence-electron chi connectivity index (χ1n) is 10.1. The van der Waals surface area contributed by atoms with Gasteiger partial charge in [-0.2, -0.15) is 15.1 Å². The molecule has 3 aromatic rings. The van der Waals surface area contributed by atoms with Crippen LogP contribution >= 0.6 is 0 Å². The molecule has 1 saturated heterocycles. The highest BCUT2D eigenvalue weighted by molar-refractivity contribution is 5.89. The van der Waals surface area contributed by atoms with Gasteiger partial charge in [0, 0.05) is 38.6 Å². The number of aromatic nitrogens is 5. The molecule has 1 fully saturated rings. The number of H-pyrrole nitrogens is 1. The lowest BCUT2D eigenvalue weighted by Gasteiger charge is -2.33. The third-order valence-corrected chi connectivity index (χ3v) is 5.14. The normalized spacial score (nSPS) is 16.2. The molecule has 0 spiro atoms. The molecular weight excluding hydrogens is 398 g/mol. The summed E-state index contributed by atoms with van der Waals surface area (Å²) in [6, 6.07) is 1.99. The summed E-state index contributed by atoms with van der Waals surface area (Å²) in [6.45, 7) is 5.04. The number of likely N-dealkylation sites (N-methyl/N-ethyl adjacent to an activating group) is 1. The maximum absolute atomic E-state index is 12.0. The standard InChI is InChI=1S/C20H25N9O2/c1-3-17(31)28-8-4-5-13(10-28)24-19-15-6-7-22-18(15)26-20(27-19)25-14-9-23-29(11-14)12-16(30)21-2/h3,6-7,9,11,13H,1,4-5,8,10,12H2,2H3,(H,21,30)(H3,22,24,25,26,27)/t13-/m1/s1. The summed E-state index contributed by atoms with van der Waals surface area (Å²) in [4.78, 5) is 37.6. The van der Waals surface area contributed by atoms with E-state index in [1.165, 1.54) is 10.8 Å². The molecule has 1 atom stereocenters. The molecule has 0 unspecified atom stereocenters. The number of anilines is 3. The zero-order chi connectivity index (χ0) is 21.8. The van der Waals surface area contributed by atoms with Crippen molar-refractivity contribution in [3.05, 3.63) is 37.3 Å². The van der Waals surface area contributed by atoms with E-state index in [1.807, 2.05) is 12.3 Å². The zero-order valence-electron chi connectivity index (χ0n) is 17.3. The van der Waals surface area contributed by atoms with Crippen molar-refractivity contribution in [3.63, 3.8) is 0 Å². The van der Waals surface area contributed by atoms with Crippen LogP contribution in [0.1, 0.15) is 12.8 Å². The van der Waals surface area contributed by atoms with Crippen LogP contribution in [0.2, 0.25) is 0 Å². The van der Waals surface area contributed by atoms with Gasteiger partial charge in [-0.25, -0.2) is 0 Å². The van der Waals surface area contributed by atoms with Crippen LogP contribution in [0.25, 0.3) is 11.0 Å². The van der Waals surface area contributed by atoms with Crippen molar-refractivity contribution >= 4 is 40.3 Å². The Labute approximate surface area is 178 Å². The highest BCUT2D eigenvalue weighted by Crippen LogP contribution is 2.25. The summed E-state index contributed by atoms with van der Waals surface area (Å²) in [5.41, 5.74) is 1.36. The van der Waals surface area contributed by atoms with E-state index < -0.39 is 0 Å². The van der Waals surface area contributed by atoms with E-state index >= 15 is 0 Å². The van der Waals surface area contributed by atoms with Crippen LogP contribution in [0.4, 0.5) is 17.5 Å². The quantitative estimate of drug-likeness (QED) is 0.420. The zero-order valence-corrected chi connectivity index (χ0v) is 17.3. The number of rotatable bonds is 7. The second kappa shape index (κ2) is 8.86. The molecular formula is C20H25N9O2. The van der Waals surface area contributed by atoms with Crippen LogP contribution in [0.15, 0.2) is 37.3 Å². The lowest BCUT2D eigenvalue weighted by Crippen LogP contribution is -2.44. The van der Waals surface area contributed by atoms with Gasteiger partial charge >= 0.3 is 0 Å². The van der Waals surface area contributed by atoms with E-state index in [4.69, 9.17) is 0 Å². The van der Waals surface area contributed by atoms with Crippen molar-refractivity contribution in [3.8, 4) is 0 Å². The summed E-state index contributed by atoms with van der Waals surface area (Å²) < 4.78 is 1.53. The number of nitrogens with zero attached hydrogens (tertiary/aromatic N) is 5. The van der Waals surface area contributed by atoms with Crippen molar-refractivity contribution in [2.24, 2.45) is 0 Å². The van der Waals surface area contributed by atoms with Gasteiger partial charge in [-0.05, 0) is 25.0 Å². The van der Waals surface area contributed by atoms with Crippen LogP contribution < -0.4 is 16.0 Å². The van der Waals surface area contributed by atoms with E-state index in [9.17, 15) is 9.59 Å². The second-order valence-electron chi connectivity index (χ2n) is 7.33. The van der Waals surface area contributed by atoms with Crippen molar-refractivity contribution in [2.45, 2.75) is 25.4 Å². The van der Waals surface area contributed by atoms with Crippen LogP contribution in [0, 0.1) is 0 Å². The van der Waals surface area contributed by atoms with Crippen molar-refractivity contribution in [1.29, 1.82) is 0 Å². The van der Waals surface area contributed by atoms with Gasteiger partial charge in [-0.3, -0.25) is 14.3 Å². The van der Waals surface area contributed by atoms with E-state index in [2.05, 4.69) is 42.6 Å². The number of nitrogens with one attached hydrogen (secondary N) is 4. The summed E-state index contributed by atoms with van der Waals surface area (Å²) in [5, 5.41) is 14.2. The number of hydrogen-bond acceptors (Lipinski definition) is 7. The molecule has 1 aliphatic heterocycles. The van der Waals surface area contributed by atoms with Crippen molar-refractivity contribution < 1.29 is 9.59 Å². The molecule has 0 aromatic carbocycles. The monoisotopic (exact) mass is 423 g/mol. The lowest BCUT2D eigenvalue weighted by molar-refractivity contribution is -0.127. The van der Waals surface area contributed by atoms with E-state index in [1.54, 1.807) is 24.3 Å². The minimum Gasteiger partial charge on any atom is -0.365 e. The minimum absolute atomic E-state index is 0.0582. The fourth-order valence-corrected chi connectivity index (χ4v) is 3.59. The summed E-state index contributed by atoms with van der Waals surface area (Å²) in [6.07, 6.45) is 8.33. The number of hydrogen-bond donors (Lipinski definition) is 4. The van der Waals surface area contributed by atoms with E-state index in [-0.39, 0.29) is 24.4 Å². The maximum atomic E-state index is 12.0. The third-order valence-electron chi connectivity index (χ3n) is 5.14. The molecule has 1 aliphatic rings. The molecule has 3 aromatic heterocycles. The van der Waals surface area contributed by atoms with Crippen LogP contribution in [0.5, 0.6) is 0 Å². The molecule has 0 saturated carbocycles. The summed E-state index contributed by atoms with van der Waals surface area (Å²) >= 11 is 0. The average molecular weight is 423 g/mol. The van der Waals surface area contributed by atoms with Gasteiger partial charge in [0.15, 0.2) is 0 Å². The van der Waals surface area contributed by atoms with Gasteiger partial charge in [0.2, 0.25) is 17.8 Å². The Morgan fingerprint density at radius 3 is 3.06 bits per heavy atom. The SMILES string of the molecule is C=CC(=O)N1CCC[C@@H](Nc2nc(Nc3cnn(CC(=O)NC)c3)nc3[nH]ccc23)C1. The van der Waals surface area contributed by atoms with E-state index in [0.717, 1.165) is 24.8 Å². The van der Waals surface area contributed by atoms with Crippen LogP contribution in [-0.2, 0) is 16.1 Å². The van der Waals surface area contributed by atoms with Gasteiger partial charge in [-0.1, -0.05) is 6.58 Å². The summed E-state index contributed by atoms with van der Waals surface area (Å²) in [5.74, 6) is 0.884. The predicted molar refractivity (Wildman–Crippen MR) is 117 cm³/mol. The topological polar surface area (TPSA) is 133 Å². The Balaban J connectivity index is 1.52. The molecule has 0 radical (unpaired) electrons. The molecule has 2 amide bonds. The molecule has 0 aliphatic carbocycles. The fourth-order valence-electron chi connectivity index (χ4n) is 3.59. The molecule has 31 heavy (non-hydrogen) atoms. The van der Waals surface area contributed by atoms with Crippen molar-refractivity contribution in [2.75, 3.05) is 30.8 Å². The van der Waals surface area contributed by atoms with Gasteiger partial charge in [-0.15, -0.1) is 0 Å². The first-order valence-corrected chi connectivity index (χ1v) is 10.1. The Morgan fingerprint density at radius 2 is 2.26 bits per heavy atom. The van der Waals surface area contributed by atoms with Gasteiger partial charge in [0.1, 0.15) is 18.0 Å². The Hall–Kier alpha value is -3.89. The molecule has 0 bridgehead atoms. The number of carbonyl (C=O) groups excluding carboxylic acids is 2. The third kappa shape index (κ3) is 4.65. The van der Waals surface area contributed by atoms with Crippen molar-refractivity contribution in [1.82, 2.24) is 34.9 Å². The number of carbonyl (C=O) groups is 2. The first-order chi connectivity index (χ1) is 15.1. The number of aromatic amines is 1. The molecule has 11 nitrogen and oxygen atoms in total. The number of piperidine rings is 1. The largest absolute Gasteiger partial charge is 0.365 e. The maximum Gasteiger partial charge on any atom is 0.246 e. The molecule has 162 valence electrons. The van der Waals surface area contributed by atoms with Crippen LogP contribution in [-0.4, -0.2) is 67.6 Å². The summed E-state index contributed by atoms with van der Waals surface area (Å²) in [7, 11) is 1.58. The average Bonchev–Trinajstić information content (AvgIpc) is 3.42. The Morgan fingerprint density at radius 1 is 1.39 bits per heavy atom. The highest BCUT2D eigenvalue weighted by Gasteiger charge is 2.23. The molecule has 4 rings (SSSR count). The second-order valence-corrected chi connectivity index (χ2v) is 7.33. The van der Waals surface area contributed by atoms with E-state index in [0.29, 0.717) is 29.6 Å². The van der Waals surface area contributed by atoms with Crippen LogP contribution in [0.3, 0.4) is 0 Å². The number of amides is 2. The fraction of sp³-hybridized carbons (Fsp3) is 0.350. The molecule has 11 heteroatoms. The first kappa shape index (κ1) is 20.4. The smallest absolute Gasteiger partial charge is 0.246 e. The lowest BCUT2D eigenvalue weighted by atomic mass is 10.1. The molecule has 4 N–H and O–H groups in total. The Kier molecular flexibility index (Phi) is 5.83. The van der Waals surface area contributed by atoms with Gasteiger partial charge in [0.05, 0.1) is 17.3 Å². The molecule has 4 heterocycles. The Bertz CT molecular complexity index is 1100. The minimum atomic E-state index is -0.137. The number of likely N-dealkylation sites (tertiary alicyclic amines) is 1. The van der Waals surface area contributed by atoms with Gasteiger partial charge in [0.25, 0.3) is 0 Å². The number of fused-ring (bicyclic) bond motifs is 1.